The number of rotatable bonds is 2. The monoisotopic (exact) mass is 372 g/mol. The number of nitrogens with zero attached hydrogens (tertiary/aromatic N) is 2. The number of amides is 2. The number of piperidine rings is 1. The fraction of sp³-hybridized carbons (Fsp3) is 0.619. The van der Waals surface area contributed by atoms with E-state index in [1.54, 1.807) is 9.80 Å². The van der Waals surface area contributed by atoms with E-state index >= 15 is 0 Å². The number of carbonyl (C=O) groups is 2. The van der Waals surface area contributed by atoms with Gasteiger partial charge in [0.2, 0.25) is 0 Å². The zero-order chi connectivity index (χ0) is 19.2. The molecule has 1 spiro atoms. The minimum atomic E-state index is -0.651. The molecule has 1 unspecified atom stereocenters. The Bertz CT molecular complexity index is 736. The van der Waals surface area contributed by atoms with E-state index in [0.717, 1.165) is 18.5 Å². The summed E-state index contributed by atoms with van der Waals surface area (Å²) >= 11 is 0. The van der Waals surface area contributed by atoms with E-state index in [1.807, 2.05) is 32.9 Å². The van der Waals surface area contributed by atoms with Crippen molar-refractivity contribution >= 4 is 17.9 Å². The number of carbonyl (C=O) groups excluding carboxylic acids is 2. The quantitative estimate of drug-likeness (QED) is 0.777. The molecule has 2 heterocycles. The molecule has 6 heteroatoms. The van der Waals surface area contributed by atoms with Gasteiger partial charge in [-0.05, 0) is 70.1 Å². The Hall–Kier alpha value is -2.24. The van der Waals surface area contributed by atoms with Gasteiger partial charge in [0.15, 0.2) is 0 Å². The second-order valence-corrected chi connectivity index (χ2v) is 9.01. The lowest BCUT2D eigenvalue weighted by Gasteiger charge is -2.38. The van der Waals surface area contributed by atoms with Crippen molar-refractivity contribution < 1.29 is 19.1 Å². The molecule has 0 N–H and O–H groups in total. The third kappa shape index (κ3) is 3.89. The molecule has 1 aromatic carbocycles. The van der Waals surface area contributed by atoms with E-state index in [4.69, 9.17) is 9.47 Å². The van der Waals surface area contributed by atoms with Gasteiger partial charge in [0.25, 0.3) is 0 Å². The van der Waals surface area contributed by atoms with Crippen LogP contribution in [-0.4, -0.2) is 47.9 Å². The summed E-state index contributed by atoms with van der Waals surface area (Å²) in [6.45, 7) is 7.04. The highest BCUT2D eigenvalue weighted by atomic mass is 16.6. The van der Waals surface area contributed by atoms with Gasteiger partial charge in [0.05, 0.1) is 13.1 Å². The molecule has 0 bridgehead atoms. The Balaban J connectivity index is 1.46. The molecule has 2 saturated heterocycles. The third-order valence-electron chi connectivity index (χ3n) is 5.42. The van der Waals surface area contributed by atoms with E-state index in [0.29, 0.717) is 25.6 Å². The maximum Gasteiger partial charge on any atom is 0.415 e. The van der Waals surface area contributed by atoms with E-state index in [2.05, 4.69) is 12.1 Å². The Morgan fingerprint density at radius 1 is 1.19 bits per heavy atom. The molecule has 0 aromatic heterocycles. The van der Waals surface area contributed by atoms with Crippen molar-refractivity contribution in [2.45, 2.75) is 63.6 Å². The van der Waals surface area contributed by atoms with Crippen molar-refractivity contribution in [1.29, 1.82) is 0 Å². The van der Waals surface area contributed by atoms with E-state index < -0.39 is 11.2 Å². The van der Waals surface area contributed by atoms with Crippen LogP contribution in [0.1, 0.15) is 57.9 Å². The molecular formula is C21H28N2O4. The lowest BCUT2D eigenvalue weighted by molar-refractivity contribution is -0.0275. The SMILES string of the molecule is CC(C)(C)OC(=O)N1CCCC2(C1)CN(c1ccc(C3CC3)cc1)C(=O)O2. The number of benzene rings is 1. The van der Waals surface area contributed by atoms with Crippen LogP contribution in [0.15, 0.2) is 24.3 Å². The van der Waals surface area contributed by atoms with Crippen LogP contribution in [0.4, 0.5) is 15.3 Å². The van der Waals surface area contributed by atoms with Crippen molar-refractivity contribution in [2.75, 3.05) is 24.5 Å². The molecule has 1 saturated carbocycles. The number of hydrogen-bond acceptors (Lipinski definition) is 4. The van der Waals surface area contributed by atoms with Crippen LogP contribution in [0.25, 0.3) is 0 Å². The van der Waals surface area contributed by atoms with E-state index in [1.165, 1.54) is 18.4 Å². The molecule has 0 radical (unpaired) electrons. The summed E-state index contributed by atoms with van der Waals surface area (Å²) < 4.78 is 11.3. The van der Waals surface area contributed by atoms with Gasteiger partial charge >= 0.3 is 12.2 Å². The highest BCUT2D eigenvalue weighted by Gasteiger charge is 2.49. The zero-order valence-corrected chi connectivity index (χ0v) is 16.4. The van der Waals surface area contributed by atoms with E-state index in [-0.39, 0.29) is 12.2 Å². The van der Waals surface area contributed by atoms with Crippen molar-refractivity contribution in [2.24, 2.45) is 0 Å². The predicted octanol–water partition coefficient (Wildman–Crippen LogP) is 4.29. The molecule has 146 valence electrons. The maximum absolute atomic E-state index is 12.6. The fourth-order valence-electron chi connectivity index (χ4n) is 3.96. The molecule has 1 aromatic rings. The first-order chi connectivity index (χ1) is 12.7. The van der Waals surface area contributed by atoms with Crippen LogP contribution < -0.4 is 4.90 Å². The molecule has 1 atom stereocenters. The lowest BCUT2D eigenvalue weighted by Crippen LogP contribution is -2.53. The summed E-state index contributed by atoms with van der Waals surface area (Å²) in [5, 5.41) is 0. The first kappa shape index (κ1) is 18.1. The van der Waals surface area contributed by atoms with Gasteiger partial charge in [-0.2, -0.15) is 0 Å². The molecule has 2 amide bonds. The largest absolute Gasteiger partial charge is 0.444 e. The number of ether oxygens (including phenoxy) is 2. The van der Waals surface area contributed by atoms with Gasteiger partial charge < -0.3 is 14.4 Å². The zero-order valence-electron chi connectivity index (χ0n) is 16.4. The molecule has 2 aliphatic heterocycles. The van der Waals surface area contributed by atoms with Crippen molar-refractivity contribution in [1.82, 2.24) is 4.90 Å². The Labute approximate surface area is 160 Å². The Morgan fingerprint density at radius 2 is 1.89 bits per heavy atom. The lowest BCUT2D eigenvalue weighted by atomic mass is 9.93. The van der Waals surface area contributed by atoms with Crippen LogP contribution in [0.2, 0.25) is 0 Å². The summed E-state index contributed by atoms with van der Waals surface area (Å²) in [7, 11) is 0. The topological polar surface area (TPSA) is 59.1 Å². The van der Waals surface area contributed by atoms with Crippen LogP contribution in [0, 0.1) is 0 Å². The van der Waals surface area contributed by atoms with Gasteiger partial charge in [-0.3, -0.25) is 4.90 Å². The van der Waals surface area contributed by atoms with Crippen molar-refractivity contribution in [3.05, 3.63) is 29.8 Å². The molecule has 27 heavy (non-hydrogen) atoms. The number of likely N-dealkylation sites (tertiary alicyclic amines) is 1. The number of anilines is 1. The summed E-state index contributed by atoms with van der Waals surface area (Å²) in [6.07, 6.45) is 3.39. The fourth-order valence-corrected chi connectivity index (χ4v) is 3.96. The first-order valence-electron chi connectivity index (χ1n) is 9.83. The van der Waals surface area contributed by atoms with Crippen LogP contribution >= 0.6 is 0 Å². The summed E-state index contributed by atoms with van der Waals surface area (Å²) in [5.41, 5.74) is 1.01. The average Bonchev–Trinajstić information content (AvgIpc) is 3.39. The smallest absolute Gasteiger partial charge is 0.415 e. The van der Waals surface area contributed by atoms with Crippen molar-refractivity contribution in [3.8, 4) is 0 Å². The molecule has 3 fully saturated rings. The van der Waals surface area contributed by atoms with Crippen molar-refractivity contribution in [3.63, 3.8) is 0 Å². The third-order valence-corrected chi connectivity index (χ3v) is 5.42. The second kappa shape index (κ2) is 6.43. The minimum absolute atomic E-state index is 0.333. The maximum atomic E-state index is 12.6. The van der Waals surface area contributed by atoms with Crippen LogP contribution in [0.5, 0.6) is 0 Å². The predicted molar refractivity (Wildman–Crippen MR) is 102 cm³/mol. The summed E-state index contributed by atoms with van der Waals surface area (Å²) in [4.78, 5) is 28.4. The highest BCUT2D eigenvalue weighted by Crippen LogP contribution is 2.41. The average molecular weight is 372 g/mol. The Kier molecular flexibility index (Phi) is 4.32. The van der Waals surface area contributed by atoms with Gasteiger partial charge in [0, 0.05) is 12.2 Å². The van der Waals surface area contributed by atoms with Crippen LogP contribution in [0.3, 0.4) is 0 Å². The molecule has 3 aliphatic rings. The normalized spacial score (nSPS) is 25.7. The van der Waals surface area contributed by atoms with Gasteiger partial charge in [0.1, 0.15) is 11.2 Å². The first-order valence-corrected chi connectivity index (χ1v) is 9.83. The minimum Gasteiger partial charge on any atom is -0.444 e. The van der Waals surface area contributed by atoms with Crippen LogP contribution in [-0.2, 0) is 9.47 Å². The second-order valence-electron chi connectivity index (χ2n) is 9.01. The van der Waals surface area contributed by atoms with Gasteiger partial charge in [-0.1, -0.05) is 12.1 Å². The number of hydrogen-bond donors (Lipinski definition) is 0. The Morgan fingerprint density at radius 3 is 2.52 bits per heavy atom. The molecule has 6 nitrogen and oxygen atoms in total. The standard InChI is InChI=1S/C21H28N2O4/c1-20(2,3)26-18(24)22-12-4-11-21(13-22)14-23(19(25)27-21)17-9-7-16(8-10-17)15-5-6-15/h7-10,15H,4-6,11-14H2,1-3H3. The molecular weight excluding hydrogens is 344 g/mol. The van der Waals surface area contributed by atoms with E-state index in [9.17, 15) is 9.59 Å². The summed E-state index contributed by atoms with van der Waals surface area (Å²) in [6, 6.07) is 8.23. The van der Waals surface area contributed by atoms with Gasteiger partial charge in [-0.25, -0.2) is 9.59 Å². The summed E-state index contributed by atoms with van der Waals surface area (Å²) in [5.74, 6) is 0.691. The highest BCUT2D eigenvalue weighted by molar-refractivity contribution is 5.90. The van der Waals surface area contributed by atoms with Gasteiger partial charge in [-0.15, -0.1) is 0 Å². The molecule has 4 rings (SSSR count). The molecule has 1 aliphatic carbocycles.